The van der Waals surface area contributed by atoms with Crippen LogP contribution in [0.1, 0.15) is 33.3 Å². The highest BCUT2D eigenvalue weighted by molar-refractivity contribution is 5.91. The quantitative estimate of drug-likeness (QED) is 0.836. The summed E-state index contributed by atoms with van der Waals surface area (Å²) >= 11 is 0. The van der Waals surface area contributed by atoms with Crippen LogP contribution in [0.3, 0.4) is 0 Å². The predicted octanol–water partition coefficient (Wildman–Crippen LogP) is 4.62. The minimum atomic E-state index is 0.308. The third-order valence-corrected chi connectivity index (χ3v) is 4.65. The summed E-state index contributed by atoms with van der Waals surface area (Å²) in [4.78, 5) is 0. The van der Waals surface area contributed by atoms with Crippen molar-refractivity contribution in [3.05, 3.63) is 42.0 Å². The minimum absolute atomic E-state index is 0.308. The van der Waals surface area contributed by atoms with E-state index in [2.05, 4.69) is 69.4 Å². The van der Waals surface area contributed by atoms with Crippen LogP contribution in [-0.2, 0) is 6.54 Å². The summed E-state index contributed by atoms with van der Waals surface area (Å²) in [7, 11) is 1.73. The van der Waals surface area contributed by atoms with Crippen molar-refractivity contribution in [3.63, 3.8) is 0 Å². The smallest absolute Gasteiger partial charge is 0.126 e. The lowest BCUT2D eigenvalue weighted by molar-refractivity contribution is 0.238. The molecule has 0 bridgehead atoms. The number of rotatable bonds is 6. The van der Waals surface area contributed by atoms with E-state index in [1.54, 1.807) is 7.11 Å². The standard InChI is InChI=1S/C19H27NO/c1-14(2)19(3,4)13-20-12-15-10-11-18(21-5)17-9-7-6-8-16(15)17/h6-11,14,20H,12-13H2,1-5H3. The van der Waals surface area contributed by atoms with Gasteiger partial charge in [-0.25, -0.2) is 0 Å². The normalized spacial score (nSPS) is 12.1. The fourth-order valence-corrected chi connectivity index (χ4v) is 2.39. The van der Waals surface area contributed by atoms with Gasteiger partial charge in [0.05, 0.1) is 7.11 Å². The molecule has 2 aromatic carbocycles. The Kier molecular flexibility index (Phi) is 4.89. The van der Waals surface area contributed by atoms with Crippen LogP contribution in [0.25, 0.3) is 10.8 Å². The molecule has 2 aromatic rings. The molecule has 0 radical (unpaired) electrons. The van der Waals surface area contributed by atoms with Gasteiger partial charge in [0, 0.05) is 18.5 Å². The Morgan fingerprint density at radius 2 is 1.71 bits per heavy atom. The monoisotopic (exact) mass is 285 g/mol. The van der Waals surface area contributed by atoms with Crippen LogP contribution in [0.15, 0.2) is 36.4 Å². The molecule has 1 N–H and O–H groups in total. The largest absolute Gasteiger partial charge is 0.496 e. The summed E-state index contributed by atoms with van der Waals surface area (Å²) < 4.78 is 5.45. The van der Waals surface area contributed by atoms with E-state index in [9.17, 15) is 0 Å². The van der Waals surface area contributed by atoms with E-state index in [0.29, 0.717) is 11.3 Å². The van der Waals surface area contributed by atoms with Gasteiger partial charge in [0.2, 0.25) is 0 Å². The zero-order valence-corrected chi connectivity index (χ0v) is 13.9. The number of ether oxygens (including phenoxy) is 1. The minimum Gasteiger partial charge on any atom is -0.496 e. The maximum Gasteiger partial charge on any atom is 0.126 e. The molecule has 0 saturated heterocycles. The predicted molar refractivity (Wildman–Crippen MR) is 90.8 cm³/mol. The van der Waals surface area contributed by atoms with Crippen LogP contribution in [-0.4, -0.2) is 13.7 Å². The summed E-state index contributed by atoms with van der Waals surface area (Å²) in [6.45, 7) is 11.1. The summed E-state index contributed by atoms with van der Waals surface area (Å²) in [5.41, 5.74) is 1.63. The molecule has 2 rings (SSSR count). The van der Waals surface area contributed by atoms with Crippen molar-refractivity contribution in [1.29, 1.82) is 0 Å². The van der Waals surface area contributed by atoms with Gasteiger partial charge in [0.25, 0.3) is 0 Å². The molecular formula is C19H27NO. The average molecular weight is 285 g/mol. The van der Waals surface area contributed by atoms with Gasteiger partial charge in [-0.15, -0.1) is 0 Å². The van der Waals surface area contributed by atoms with E-state index in [0.717, 1.165) is 18.8 Å². The van der Waals surface area contributed by atoms with Crippen LogP contribution < -0.4 is 10.1 Å². The van der Waals surface area contributed by atoms with Crippen LogP contribution in [0.4, 0.5) is 0 Å². The van der Waals surface area contributed by atoms with Gasteiger partial charge in [-0.2, -0.15) is 0 Å². The maximum atomic E-state index is 5.45. The molecule has 0 fully saturated rings. The summed E-state index contributed by atoms with van der Waals surface area (Å²) in [5.74, 6) is 1.61. The van der Waals surface area contributed by atoms with Gasteiger partial charge in [0.15, 0.2) is 0 Å². The fourth-order valence-electron chi connectivity index (χ4n) is 2.39. The third kappa shape index (κ3) is 3.56. The first kappa shape index (κ1) is 15.8. The highest BCUT2D eigenvalue weighted by Crippen LogP contribution is 2.29. The van der Waals surface area contributed by atoms with E-state index in [1.807, 2.05) is 0 Å². The number of nitrogens with one attached hydrogen (secondary N) is 1. The van der Waals surface area contributed by atoms with E-state index >= 15 is 0 Å². The molecule has 0 heterocycles. The SMILES string of the molecule is COc1ccc(CNCC(C)(C)C(C)C)c2ccccc12. The Balaban J connectivity index is 2.17. The van der Waals surface area contributed by atoms with Crippen molar-refractivity contribution in [2.75, 3.05) is 13.7 Å². The number of hydrogen-bond acceptors (Lipinski definition) is 2. The number of methoxy groups -OCH3 is 1. The highest BCUT2D eigenvalue weighted by Gasteiger charge is 2.21. The second-order valence-corrected chi connectivity index (χ2v) is 6.72. The Hall–Kier alpha value is -1.54. The first-order valence-electron chi connectivity index (χ1n) is 7.71. The van der Waals surface area contributed by atoms with E-state index in [1.165, 1.54) is 16.3 Å². The van der Waals surface area contributed by atoms with Gasteiger partial charge < -0.3 is 10.1 Å². The summed E-state index contributed by atoms with van der Waals surface area (Å²) in [5, 5.41) is 6.06. The van der Waals surface area contributed by atoms with Crippen LogP contribution in [0.5, 0.6) is 5.75 Å². The molecule has 0 aromatic heterocycles. The lowest BCUT2D eigenvalue weighted by Crippen LogP contribution is -2.33. The van der Waals surface area contributed by atoms with Gasteiger partial charge in [0.1, 0.15) is 5.75 Å². The number of benzene rings is 2. The van der Waals surface area contributed by atoms with E-state index in [-0.39, 0.29) is 0 Å². The van der Waals surface area contributed by atoms with Crippen molar-refractivity contribution in [2.24, 2.45) is 11.3 Å². The van der Waals surface area contributed by atoms with Crippen molar-refractivity contribution >= 4 is 10.8 Å². The van der Waals surface area contributed by atoms with Crippen LogP contribution in [0, 0.1) is 11.3 Å². The van der Waals surface area contributed by atoms with Gasteiger partial charge >= 0.3 is 0 Å². The molecule has 0 atom stereocenters. The highest BCUT2D eigenvalue weighted by atomic mass is 16.5. The first-order chi connectivity index (χ1) is 9.95. The first-order valence-corrected chi connectivity index (χ1v) is 7.71. The van der Waals surface area contributed by atoms with Gasteiger partial charge in [-0.1, -0.05) is 58.0 Å². The summed E-state index contributed by atoms with van der Waals surface area (Å²) in [6.07, 6.45) is 0. The fraction of sp³-hybridized carbons (Fsp3) is 0.474. The molecule has 0 spiro atoms. The Bertz CT molecular complexity index is 602. The molecule has 0 aliphatic rings. The van der Waals surface area contributed by atoms with Gasteiger partial charge in [-0.05, 0) is 28.3 Å². The van der Waals surface area contributed by atoms with Crippen molar-refractivity contribution < 1.29 is 4.74 Å². The summed E-state index contributed by atoms with van der Waals surface area (Å²) in [6, 6.07) is 12.7. The molecule has 0 amide bonds. The second-order valence-electron chi connectivity index (χ2n) is 6.72. The van der Waals surface area contributed by atoms with Crippen molar-refractivity contribution in [3.8, 4) is 5.75 Å². The Morgan fingerprint density at radius 1 is 1.05 bits per heavy atom. The molecule has 2 heteroatoms. The Morgan fingerprint density at radius 3 is 2.33 bits per heavy atom. The lowest BCUT2D eigenvalue weighted by Gasteiger charge is -2.29. The maximum absolute atomic E-state index is 5.45. The van der Waals surface area contributed by atoms with E-state index < -0.39 is 0 Å². The molecule has 114 valence electrons. The zero-order chi connectivity index (χ0) is 15.5. The topological polar surface area (TPSA) is 21.3 Å². The Labute approximate surface area is 128 Å². The van der Waals surface area contributed by atoms with Crippen LogP contribution in [0.2, 0.25) is 0 Å². The molecule has 21 heavy (non-hydrogen) atoms. The van der Waals surface area contributed by atoms with Gasteiger partial charge in [-0.3, -0.25) is 0 Å². The second kappa shape index (κ2) is 6.48. The van der Waals surface area contributed by atoms with E-state index in [4.69, 9.17) is 4.74 Å². The molecule has 0 aliphatic carbocycles. The lowest BCUT2D eigenvalue weighted by atomic mass is 9.81. The average Bonchev–Trinajstić information content (AvgIpc) is 2.47. The van der Waals surface area contributed by atoms with Crippen molar-refractivity contribution in [1.82, 2.24) is 5.32 Å². The number of hydrogen-bond donors (Lipinski definition) is 1. The number of fused-ring (bicyclic) bond motifs is 1. The molecule has 2 nitrogen and oxygen atoms in total. The molecule has 0 unspecified atom stereocenters. The molecule has 0 aliphatic heterocycles. The third-order valence-electron chi connectivity index (χ3n) is 4.65. The molecule has 0 saturated carbocycles. The van der Waals surface area contributed by atoms with Crippen molar-refractivity contribution in [2.45, 2.75) is 34.2 Å². The molecular weight excluding hydrogens is 258 g/mol. The van der Waals surface area contributed by atoms with Crippen LogP contribution >= 0.6 is 0 Å². The zero-order valence-electron chi connectivity index (χ0n) is 13.9.